The molecule has 1 aliphatic rings. The van der Waals surface area contributed by atoms with E-state index in [4.69, 9.17) is 4.74 Å². The third kappa shape index (κ3) is 3.64. The highest BCUT2D eigenvalue weighted by Gasteiger charge is 2.24. The molecule has 1 N–H and O–H groups in total. The van der Waals surface area contributed by atoms with Crippen LogP contribution in [-0.4, -0.2) is 5.11 Å². The topological polar surface area (TPSA) is 29.5 Å². The van der Waals surface area contributed by atoms with Gasteiger partial charge in [-0.1, -0.05) is 55.3 Å². The van der Waals surface area contributed by atoms with Crippen molar-refractivity contribution in [3.63, 3.8) is 0 Å². The second-order valence-electron chi connectivity index (χ2n) is 5.83. The van der Waals surface area contributed by atoms with Crippen LogP contribution in [0.5, 0.6) is 5.75 Å². The fourth-order valence-electron chi connectivity index (χ4n) is 3.05. The van der Waals surface area contributed by atoms with E-state index in [1.807, 2.05) is 42.5 Å². The first-order valence-corrected chi connectivity index (χ1v) is 7.78. The maximum atomic E-state index is 10.4. The molecule has 1 unspecified atom stereocenters. The van der Waals surface area contributed by atoms with Crippen molar-refractivity contribution in [2.24, 2.45) is 5.92 Å². The van der Waals surface area contributed by atoms with Gasteiger partial charge in [0.1, 0.15) is 12.4 Å². The van der Waals surface area contributed by atoms with Gasteiger partial charge in [0, 0.05) is 0 Å². The zero-order valence-corrected chi connectivity index (χ0v) is 12.2. The summed E-state index contributed by atoms with van der Waals surface area (Å²) in [5.74, 6) is 1.28. The zero-order chi connectivity index (χ0) is 14.5. The van der Waals surface area contributed by atoms with Gasteiger partial charge < -0.3 is 9.84 Å². The highest BCUT2D eigenvalue weighted by Crippen LogP contribution is 2.35. The molecule has 0 amide bonds. The number of aliphatic hydroxyl groups excluding tert-OH is 1. The lowest BCUT2D eigenvalue weighted by atomic mass is 9.94. The third-order valence-corrected chi connectivity index (χ3v) is 4.32. The molecule has 1 saturated carbocycles. The quantitative estimate of drug-likeness (QED) is 0.875. The molecule has 0 radical (unpaired) electrons. The number of aliphatic hydroxyl groups is 1. The van der Waals surface area contributed by atoms with Crippen LogP contribution in [0.15, 0.2) is 54.6 Å². The summed E-state index contributed by atoms with van der Waals surface area (Å²) in [6, 6.07) is 18.0. The number of ether oxygens (including phenoxy) is 1. The van der Waals surface area contributed by atoms with Gasteiger partial charge in [0.25, 0.3) is 0 Å². The average molecular weight is 282 g/mol. The summed E-state index contributed by atoms with van der Waals surface area (Å²) in [6.45, 7) is 0.575. The molecule has 2 aromatic rings. The Balaban J connectivity index is 1.58. The van der Waals surface area contributed by atoms with E-state index in [1.54, 1.807) is 0 Å². The van der Waals surface area contributed by atoms with Crippen LogP contribution in [0.2, 0.25) is 0 Å². The first-order valence-electron chi connectivity index (χ1n) is 7.78. The van der Waals surface area contributed by atoms with Crippen LogP contribution in [0.1, 0.15) is 42.9 Å². The van der Waals surface area contributed by atoms with Crippen molar-refractivity contribution in [2.45, 2.75) is 38.4 Å². The first kappa shape index (κ1) is 14.2. The van der Waals surface area contributed by atoms with Gasteiger partial charge in [0.15, 0.2) is 0 Å². The van der Waals surface area contributed by atoms with Gasteiger partial charge in [-0.2, -0.15) is 0 Å². The lowest BCUT2D eigenvalue weighted by Gasteiger charge is -2.18. The monoisotopic (exact) mass is 282 g/mol. The van der Waals surface area contributed by atoms with E-state index in [0.29, 0.717) is 12.5 Å². The van der Waals surface area contributed by atoms with Crippen molar-refractivity contribution in [1.82, 2.24) is 0 Å². The minimum Gasteiger partial charge on any atom is -0.489 e. The van der Waals surface area contributed by atoms with Crippen LogP contribution in [0.4, 0.5) is 0 Å². The molecule has 0 aliphatic heterocycles. The van der Waals surface area contributed by atoms with E-state index in [-0.39, 0.29) is 6.10 Å². The summed E-state index contributed by atoms with van der Waals surface area (Å²) in [5, 5.41) is 10.4. The van der Waals surface area contributed by atoms with E-state index >= 15 is 0 Å². The molecular weight excluding hydrogens is 260 g/mol. The molecule has 3 rings (SSSR count). The van der Waals surface area contributed by atoms with E-state index in [9.17, 15) is 5.11 Å². The maximum absolute atomic E-state index is 10.4. The molecule has 1 fully saturated rings. The predicted octanol–water partition coefficient (Wildman–Crippen LogP) is 4.49. The molecule has 0 heterocycles. The Bertz CT molecular complexity index is 542. The summed E-state index contributed by atoms with van der Waals surface area (Å²) in [4.78, 5) is 0. The lowest BCUT2D eigenvalue weighted by molar-refractivity contribution is 0.111. The minimum atomic E-state index is -0.323. The summed E-state index contributed by atoms with van der Waals surface area (Å²) >= 11 is 0. The van der Waals surface area contributed by atoms with Crippen LogP contribution in [0.25, 0.3) is 0 Å². The third-order valence-electron chi connectivity index (χ3n) is 4.32. The Kier molecular flexibility index (Phi) is 4.56. The number of hydrogen-bond acceptors (Lipinski definition) is 2. The molecule has 2 nitrogen and oxygen atoms in total. The van der Waals surface area contributed by atoms with Gasteiger partial charge in [-0.05, 0) is 42.0 Å². The fourth-order valence-corrected chi connectivity index (χ4v) is 3.05. The molecule has 21 heavy (non-hydrogen) atoms. The van der Waals surface area contributed by atoms with Gasteiger partial charge in [-0.15, -0.1) is 0 Å². The van der Waals surface area contributed by atoms with Gasteiger partial charge in [0.2, 0.25) is 0 Å². The fraction of sp³-hybridized carbons (Fsp3) is 0.368. The zero-order valence-electron chi connectivity index (χ0n) is 12.2. The largest absolute Gasteiger partial charge is 0.489 e. The van der Waals surface area contributed by atoms with Crippen LogP contribution in [0, 0.1) is 5.92 Å². The van der Waals surface area contributed by atoms with Crippen LogP contribution < -0.4 is 4.74 Å². The summed E-state index contributed by atoms with van der Waals surface area (Å²) < 4.78 is 5.77. The Morgan fingerprint density at radius 2 is 1.62 bits per heavy atom. The first-order chi connectivity index (χ1) is 10.3. The van der Waals surface area contributed by atoms with Gasteiger partial charge in [-0.3, -0.25) is 0 Å². The summed E-state index contributed by atoms with van der Waals surface area (Å²) in [6.07, 6.45) is 4.47. The second-order valence-corrected chi connectivity index (χ2v) is 5.83. The molecule has 2 heteroatoms. The molecule has 1 aliphatic carbocycles. The van der Waals surface area contributed by atoms with Crippen LogP contribution >= 0.6 is 0 Å². The minimum absolute atomic E-state index is 0.323. The van der Waals surface area contributed by atoms with Gasteiger partial charge in [0.05, 0.1) is 6.10 Å². The average Bonchev–Trinajstić information content (AvgIpc) is 3.08. The van der Waals surface area contributed by atoms with Crippen molar-refractivity contribution >= 4 is 0 Å². The van der Waals surface area contributed by atoms with Crippen LogP contribution in [-0.2, 0) is 6.61 Å². The Hall–Kier alpha value is -1.80. The Morgan fingerprint density at radius 3 is 2.29 bits per heavy atom. The van der Waals surface area contributed by atoms with E-state index in [0.717, 1.165) is 29.7 Å². The highest BCUT2D eigenvalue weighted by molar-refractivity contribution is 5.29. The summed E-state index contributed by atoms with van der Waals surface area (Å²) in [5.41, 5.74) is 2.17. The molecule has 0 spiro atoms. The molecule has 1 atom stereocenters. The van der Waals surface area contributed by atoms with Crippen molar-refractivity contribution in [3.8, 4) is 5.75 Å². The van der Waals surface area contributed by atoms with E-state index in [2.05, 4.69) is 12.1 Å². The van der Waals surface area contributed by atoms with Gasteiger partial charge in [-0.25, -0.2) is 0 Å². The van der Waals surface area contributed by atoms with Gasteiger partial charge >= 0.3 is 0 Å². The smallest absolute Gasteiger partial charge is 0.119 e. The SMILES string of the molecule is OC(c1ccc(OCc2ccccc2)cc1)C1CCCC1. The number of benzene rings is 2. The molecule has 0 bridgehead atoms. The molecule has 110 valence electrons. The highest BCUT2D eigenvalue weighted by atomic mass is 16.5. The van der Waals surface area contributed by atoms with E-state index < -0.39 is 0 Å². The Morgan fingerprint density at radius 1 is 0.952 bits per heavy atom. The Labute approximate surface area is 126 Å². The molecule has 2 aromatic carbocycles. The lowest BCUT2D eigenvalue weighted by Crippen LogP contribution is -2.08. The van der Waals surface area contributed by atoms with Crippen molar-refractivity contribution in [1.29, 1.82) is 0 Å². The predicted molar refractivity (Wildman–Crippen MR) is 84.1 cm³/mol. The van der Waals surface area contributed by atoms with Crippen LogP contribution in [0.3, 0.4) is 0 Å². The normalized spacial score (nSPS) is 16.8. The van der Waals surface area contributed by atoms with E-state index in [1.165, 1.54) is 12.8 Å². The van der Waals surface area contributed by atoms with Crippen molar-refractivity contribution in [2.75, 3.05) is 0 Å². The molecule has 0 aromatic heterocycles. The second kappa shape index (κ2) is 6.77. The number of rotatable bonds is 5. The standard InChI is InChI=1S/C19H22O2/c20-19(16-8-4-5-9-16)17-10-12-18(13-11-17)21-14-15-6-2-1-3-7-15/h1-3,6-7,10-13,16,19-20H,4-5,8-9,14H2. The van der Waals surface area contributed by atoms with Crippen molar-refractivity contribution in [3.05, 3.63) is 65.7 Å². The number of hydrogen-bond donors (Lipinski definition) is 1. The summed E-state index contributed by atoms with van der Waals surface area (Å²) in [7, 11) is 0. The van der Waals surface area contributed by atoms with Crippen molar-refractivity contribution < 1.29 is 9.84 Å². The molecule has 0 saturated heterocycles. The maximum Gasteiger partial charge on any atom is 0.119 e. The molecular formula is C19H22O2.